The van der Waals surface area contributed by atoms with Gasteiger partial charge in [-0.25, -0.2) is 0 Å². The number of allylic oxidation sites excluding steroid dienone is 1. The van der Waals surface area contributed by atoms with Crippen molar-refractivity contribution in [2.24, 2.45) is 11.3 Å². The second-order valence-corrected chi connectivity index (χ2v) is 5.78. The highest BCUT2D eigenvalue weighted by atomic mass is 14.8. The first-order valence-corrected chi connectivity index (χ1v) is 6.94. The number of nitrogens with one attached hydrogen (secondary N) is 1. The van der Waals surface area contributed by atoms with E-state index in [1.54, 1.807) is 0 Å². The van der Waals surface area contributed by atoms with Gasteiger partial charge in [0.25, 0.3) is 0 Å². The molecule has 1 aliphatic rings. The van der Waals surface area contributed by atoms with Gasteiger partial charge in [0.1, 0.15) is 11.3 Å². The van der Waals surface area contributed by atoms with Crippen molar-refractivity contribution >= 4 is 16.5 Å². The third-order valence-corrected chi connectivity index (χ3v) is 4.80. The molecule has 0 amide bonds. The summed E-state index contributed by atoms with van der Waals surface area (Å²) < 4.78 is 0. The largest absolute Gasteiger partial charge is 0.356 e. The van der Waals surface area contributed by atoms with Gasteiger partial charge in [0.15, 0.2) is 5.41 Å². The maximum absolute atomic E-state index is 9.81. The fraction of sp³-hybridized carbons (Fsp3) is 0.222. The molecule has 0 spiro atoms. The molecule has 1 N–H and O–H groups in total. The first-order chi connectivity index (χ1) is 11.0. The predicted octanol–water partition coefficient (Wildman–Crippen LogP) is 3.15. The lowest BCUT2D eigenvalue weighted by atomic mass is 9.53. The first kappa shape index (κ1) is 14.4. The van der Waals surface area contributed by atoms with E-state index < -0.39 is 16.7 Å². The van der Waals surface area contributed by atoms with Crippen LogP contribution in [0.2, 0.25) is 0 Å². The second-order valence-electron chi connectivity index (χ2n) is 5.78. The molecule has 5 heteroatoms. The molecule has 5 nitrogen and oxygen atoms in total. The molecular weight excluding hydrogens is 286 g/mol. The van der Waals surface area contributed by atoms with Crippen LogP contribution >= 0.6 is 0 Å². The molecule has 1 aromatic heterocycles. The van der Waals surface area contributed by atoms with Crippen molar-refractivity contribution in [2.75, 3.05) is 0 Å². The van der Waals surface area contributed by atoms with Crippen LogP contribution in [0.5, 0.6) is 0 Å². The third kappa shape index (κ3) is 1.41. The number of rotatable bonds is 0. The Labute approximate surface area is 133 Å². The van der Waals surface area contributed by atoms with Crippen LogP contribution < -0.4 is 0 Å². The zero-order valence-corrected chi connectivity index (χ0v) is 12.4. The minimum Gasteiger partial charge on any atom is -0.356 e. The lowest BCUT2D eigenvalue weighted by Crippen LogP contribution is -2.49. The Morgan fingerprint density at radius 3 is 2.30 bits per heavy atom. The van der Waals surface area contributed by atoms with E-state index in [-0.39, 0.29) is 0 Å². The molecule has 0 fully saturated rings. The number of fused-ring (bicyclic) bond motifs is 3. The molecule has 0 radical (unpaired) electrons. The van der Waals surface area contributed by atoms with Gasteiger partial charge in [0, 0.05) is 22.2 Å². The van der Waals surface area contributed by atoms with Crippen LogP contribution in [0, 0.1) is 56.7 Å². The van der Waals surface area contributed by atoms with Crippen LogP contribution in [0.1, 0.15) is 18.2 Å². The highest BCUT2D eigenvalue weighted by Gasteiger charge is 2.62. The fourth-order valence-corrected chi connectivity index (χ4v) is 3.44. The Balaban J connectivity index is 2.54. The van der Waals surface area contributed by atoms with Gasteiger partial charge in [-0.15, -0.1) is 0 Å². The average molecular weight is 297 g/mol. The molecule has 3 rings (SSSR count). The van der Waals surface area contributed by atoms with E-state index in [0.29, 0.717) is 16.8 Å². The zero-order chi connectivity index (χ0) is 16.8. The molecule has 0 aliphatic heterocycles. The molecule has 1 aromatic carbocycles. The number of aromatic nitrogens is 1. The van der Waals surface area contributed by atoms with Gasteiger partial charge in [-0.3, -0.25) is 0 Å². The van der Waals surface area contributed by atoms with Crippen molar-refractivity contribution < 1.29 is 0 Å². The molecule has 0 saturated heterocycles. The monoisotopic (exact) mass is 297 g/mol. The summed E-state index contributed by atoms with van der Waals surface area (Å²) in [5.41, 5.74) is -0.967. The number of nitriles is 4. The Kier molecular flexibility index (Phi) is 2.80. The molecule has 2 atom stereocenters. The molecule has 108 valence electrons. The van der Waals surface area contributed by atoms with Crippen LogP contribution in [0.15, 0.2) is 30.8 Å². The Morgan fingerprint density at radius 1 is 1.09 bits per heavy atom. The van der Waals surface area contributed by atoms with E-state index in [0.717, 1.165) is 10.9 Å². The van der Waals surface area contributed by atoms with E-state index >= 15 is 0 Å². The molecule has 1 aliphatic carbocycles. The van der Waals surface area contributed by atoms with Crippen molar-refractivity contribution in [1.29, 1.82) is 21.0 Å². The summed E-state index contributed by atoms with van der Waals surface area (Å²) in [6.07, 6.45) is 0. The smallest absolute Gasteiger partial charge is 0.187 e. The summed E-state index contributed by atoms with van der Waals surface area (Å²) in [5.74, 6) is -1.08. The lowest BCUT2D eigenvalue weighted by Gasteiger charge is -2.41. The van der Waals surface area contributed by atoms with E-state index in [4.69, 9.17) is 0 Å². The molecule has 0 bridgehead atoms. The Bertz CT molecular complexity index is 1000. The molecular formula is C18H11N5. The summed E-state index contributed by atoms with van der Waals surface area (Å²) in [6.45, 7) is 5.50. The van der Waals surface area contributed by atoms with E-state index in [2.05, 4.69) is 17.6 Å². The minimum absolute atomic E-state index is 0.399. The third-order valence-electron chi connectivity index (χ3n) is 4.80. The second kappa shape index (κ2) is 4.48. The van der Waals surface area contributed by atoms with E-state index in [1.807, 2.05) is 42.5 Å². The fourth-order valence-electron chi connectivity index (χ4n) is 3.44. The normalized spacial score (nSPS) is 24.7. The maximum atomic E-state index is 9.81. The predicted molar refractivity (Wildman–Crippen MR) is 83.1 cm³/mol. The maximum Gasteiger partial charge on any atom is 0.187 e. The standard InChI is InChI=1S/C18H11N5/c1-11-13(7-19)18(9-21,10-22)17(2,8-20)16-15(11)12-5-3-4-6-14(12)23-16/h3-6,13,23H,1H2,2H3. The number of hydrogen-bond acceptors (Lipinski definition) is 4. The van der Waals surface area contributed by atoms with E-state index in [1.165, 1.54) is 6.92 Å². The van der Waals surface area contributed by atoms with Crippen LogP contribution in [0.3, 0.4) is 0 Å². The Hall–Kier alpha value is -3.54. The van der Waals surface area contributed by atoms with Gasteiger partial charge in [0.2, 0.25) is 0 Å². The van der Waals surface area contributed by atoms with Crippen LogP contribution in [0.25, 0.3) is 16.5 Å². The zero-order valence-electron chi connectivity index (χ0n) is 12.4. The van der Waals surface area contributed by atoms with Crippen molar-refractivity contribution in [1.82, 2.24) is 4.98 Å². The number of para-hydroxylation sites is 1. The molecule has 23 heavy (non-hydrogen) atoms. The van der Waals surface area contributed by atoms with Gasteiger partial charge >= 0.3 is 0 Å². The minimum atomic E-state index is -1.82. The number of hydrogen-bond donors (Lipinski definition) is 1. The lowest BCUT2D eigenvalue weighted by molar-refractivity contribution is 0.294. The van der Waals surface area contributed by atoms with Gasteiger partial charge in [-0.2, -0.15) is 21.0 Å². The summed E-state index contributed by atoms with van der Waals surface area (Å²) in [5, 5.41) is 39.6. The van der Waals surface area contributed by atoms with Crippen molar-refractivity contribution in [3.05, 3.63) is 42.1 Å². The van der Waals surface area contributed by atoms with Crippen molar-refractivity contribution in [2.45, 2.75) is 12.3 Å². The molecule has 0 saturated carbocycles. The Morgan fingerprint density at radius 2 is 1.74 bits per heavy atom. The van der Waals surface area contributed by atoms with E-state index in [9.17, 15) is 21.0 Å². The summed E-state index contributed by atoms with van der Waals surface area (Å²) in [7, 11) is 0. The van der Waals surface area contributed by atoms with Gasteiger partial charge in [-0.05, 0) is 18.6 Å². The van der Waals surface area contributed by atoms with Crippen LogP contribution in [-0.2, 0) is 5.41 Å². The summed E-state index contributed by atoms with van der Waals surface area (Å²) >= 11 is 0. The summed E-state index contributed by atoms with van der Waals surface area (Å²) in [6, 6.07) is 15.4. The molecule has 2 aromatic rings. The van der Waals surface area contributed by atoms with Gasteiger partial charge < -0.3 is 4.98 Å². The molecule has 1 heterocycles. The number of benzene rings is 1. The van der Waals surface area contributed by atoms with Crippen molar-refractivity contribution in [3.63, 3.8) is 0 Å². The number of H-pyrrole nitrogens is 1. The first-order valence-electron chi connectivity index (χ1n) is 6.94. The topological polar surface area (TPSA) is 111 Å². The molecule has 2 unspecified atom stereocenters. The van der Waals surface area contributed by atoms with Gasteiger partial charge in [-0.1, -0.05) is 24.8 Å². The summed E-state index contributed by atoms with van der Waals surface area (Å²) in [4.78, 5) is 3.16. The SMILES string of the molecule is C=C1c2c([nH]c3ccccc23)C(C)(C#N)C(C#N)(C#N)C1C#N. The quantitative estimate of drug-likeness (QED) is 0.804. The highest BCUT2D eigenvalue weighted by Crippen LogP contribution is 2.57. The van der Waals surface area contributed by atoms with Crippen molar-refractivity contribution in [3.8, 4) is 24.3 Å². The van der Waals surface area contributed by atoms with Crippen LogP contribution in [-0.4, -0.2) is 4.98 Å². The highest BCUT2D eigenvalue weighted by molar-refractivity contribution is 5.97. The van der Waals surface area contributed by atoms with Crippen LogP contribution in [0.4, 0.5) is 0 Å². The number of nitrogens with zero attached hydrogens (tertiary/aromatic N) is 4. The van der Waals surface area contributed by atoms with Gasteiger partial charge in [0.05, 0.1) is 24.3 Å². The average Bonchev–Trinajstić information content (AvgIpc) is 2.98. The number of aromatic amines is 1.